The van der Waals surface area contributed by atoms with Gasteiger partial charge in [0.05, 0.1) is 22.6 Å². The molecule has 0 radical (unpaired) electrons. The highest BCUT2D eigenvalue weighted by molar-refractivity contribution is 6.62. The average Bonchev–Trinajstić information content (AvgIpc) is 3.38. The zero-order valence-electron chi connectivity index (χ0n) is 24.0. The van der Waals surface area contributed by atoms with E-state index < -0.39 is 24.2 Å². The van der Waals surface area contributed by atoms with E-state index in [-0.39, 0.29) is 5.91 Å². The van der Waals surface area contributed by atoms with Gasteiger partial charge in [-0.15, -0.1) is 0 Å². The summed E-state index contributed by atoms with van der Waals surface area (Å²) in [5.41, 5.74) is 5.38. The summed E-state index contributed by atoms with van der Waals surface area (Å²) in [6.07, 6.45) is 0. The fraction of sp³-hybridized carbons (Fsp3) is 0.375. The Hall–Kier alpha value is -3.46. The molecule has 1 amide bonds. The molecular formula is C32H37BN4O3. The Kier molecular flexibility index (Phi) is 6.81. The maximum absolute atomic E-state index is 13.5. The number of carbonyl (C=O) groups excluding carboxylic acids is 1. The molecule has 206 valence electrons. The summed E-state index contributed by atoms with van der Waals surface area (Å²) in [4.78, 5) is 23.3. The molecule has 3 aromatic rings. The number of rotatable bonds is 5. The summed E-state index contributed by atoms with van der Waals surface area (Å²) in [5, 5.41) is 3.10. The molecule has 0 aromatic heterocycles. The number of benzene rings is 3. The highest BCUT2D eigenvalue weighted by Gasteiger charge is 2.52. The quantitative estimate of drug-likeness (QED) is 0.382. The predicted molar refractivity (Wildman–Crippen MR) is 162 cm³/mol. The van der Waals surface area contributed by atoms with Crippen molar-refractivity contribution in [1.82, 2.24) is 4.90 Å². The van der Waals surface area contributed by atoms with Gasteiger partial charge in [-0.25, -0.2) is 0 Å². The lowest BCUT2D eigenvalue weighted by atomic mass is 9.77. The molecule has 0 saturated carbocycles. The largest absolute Gasteiger partial charge is 0.494 e. The van der Waals surface area contributed by atoms with Crippen LogP contribution >= 0.6 is 0 Å². The number of hydrogen-bond donors (Lipinski definition) is 1. The number of nitrogens with one attached hydrogen (secondary N) is 1. The Labute approximate surface area is 237 Å². The van der Waals surface area contributed by atoms with Crippen molar-refractivity contribution in [2.75, 3.05) is 43.4 Å². The second kappa shape index (κ2) is 10.2. The highest BCUT2D eigenvalue weighted by atomic mass is 16.7. The van der Waals surface area contributed by atoms with Gasteiger partial charge in [-0.1, -0.05) is 42.5 Å². The number of nitrogens with zero attached hydrogens (tertiary/aromatic N) is 3. The third-order valence-corrected chi connectivity index (χ3v) is 8.74. The molecule has 7 nitrogen and oxygen atoms in total. The second-order valence-electron chi connectivity index (χ2n) is 12.0. The molecule has 40 heavy (non-hydrogen) atoms. The fourth-order valence-electron chi connectivity index (χ4n) is 5.52. The van der Waals surface area contributed by atoms with E-state index in [1.807, 2.05) is 88.4 Å². The van der Waals surface area contributed by atoms with Crippen LogP contribution in [0.1, 0.15) is 44.7 Å². The van der Waals surface area contributed by atoms with Crippen LogP contribution in [0.4, 0.5) is 17.1 Å². The summed E-state index contributed by atoms with van der Waals surface area (Å²) >= 11 is 0. The Morgan fingerprint density at radius 3 is 2.20 bits per heavy atom. The van der Waals surface area contributed by atoms with Crippen molar-refractivity contribution in [3.63, 3.8) is 0 Å². The molecule has 8 heteroatoms. The van der Waals surface area contributed by atoms with Crippen LogP contribution in [0.25, 0.3) is 0 Å². The number of anilines is 2. The Morgan fingerprint density at radius 1 is 0.900 bits per heavy atom. The molecule has 1 N–H and O–H groups in total. The number of amides is 1. The first-order valence-electron chi connectivity index (χ1n) is 14.1. The van der Waals surface area contributed by atoms with Crippen LogP contribution in [0.15, 0.2) is 77.8 Å². The Bertz CT molecular complexity index is 1410. The molecule has 2 fully saturated rings. The zero-order valence-corrected chi connectivity index (χ0v) is 24.0. The molecule has 0 aliphatic carbocycles. The van der Waals surface area contributed by atoms with E-state index in [0.29, 0.717) is 0 Å². The van der Waals surface area contributed by atoms with Gasteiger partial charge in [-0.3, -0.25) is 9.79 Å². The van der Waals surface area contributed by atoms with Gasteiger partial charge in [0.1, 0.15) is 5.92 Å². The predicted octanol–water partition coefficient (Wildman–Crippen LogP) is 4.59. The number of aliphatic imine (C=N–C) groups is 1. The highest BCUT2D eigenvalue weighted by Crippen LogP contribution is 2.39. The van der Waals surface area contributed by atoms with Crippen molar-refractivity contribution < 1.29 is 14.1 Å². The maximum atomic E-state index is 13.5. The molecule has 0 bridgehead atoms. The minimum absolute atomic E-state index is 0.0854. The lowest BCUT2D eigenvalue weighted by molar-refractivity contribution is -0.115. The maximum Gasteiger partial charge on any atom is 0.494 e. The summed E-state index contributed by atoms with van der Waals surface area (Å²) in [6.45, 7) is 12.3. The van der Waals surface area contributed by atoms with Crippen LogP contribution in [-0.4, -0.2) is 68.1 Å². The fourth-order valence-corrected chi connectivity index (χ4v) is 5.52. The third kappa shape index (κ3) is 4.96. The van der Waals surface area contributed by atoms with Gasteiger partial charge >= 0.3 is 7.12 Å². The van der Waals surface area contributed by atoms with Gasteiger partial charge in [0.2, 0.25) is 5.91 Å². The molecule has 6 rings (SSSR count). The van der Waals surface area contributed by atoms with E-state index >= 15 is 0 Å². The van der Waals surface area contributed by atoms with Crippen LogP contribution in [-0.2, 0) is 14.1 Å². The summed E-state index contributed by atoms with van der Waals surface area (Å²) in [7, 11) is 1.67. The standard InChI is InChI=1S/C32H37BN4O3/c1-31(2)32(3,4)40-33(39-31)23-11-16-26-27(21-23)35-30(38)28(26)29(22-9-7-6-8-10-22)34-24-12-14-25(15-13-24)37-19-17-36(5)18-20-37/h6-16,21,28H,17-20H2,1-5H3,(H,35,38). The third-order valence-electron chi connectivity index (χ3n) is 8.74. The number of hydrogen-bond acceptors (Lipinski definition) is 6. The molecule has 3 aliphatic heterocycles. The molecule has 2 saturated heterocycles. The van der Waals surface area contributed by atoms with Crippen LogP contribution in [0.5, 0.6) is 0 Å². The van der Waals surface area contributed by atoms with Gasteiger partial charge < -0.3 is 24.4 Å². The molecule has 3 heterocycles. The van der Waals surface area contributed by atoms with Crippen LogP contribution in [0.3, 0.4) is 0 Å². The lowest BCUT2D eigenvalue weighted by Crippen LogP contribution is -2.44. The Morgan fingerprint density at radius 2 is 1.55 bits per heavy atom. The second-order valence-corrected chi connectivity index (χ2v) is 12.0. The molecule has 3 aromatic carbocycles. The first-order valence-corrected chi connectivity index (χ1v) is 14.1. The van der Waals surface area contributed by atoms with E-state index in [1.165, 1.54) is 5.69 Å². The minimum atomic E-state index is -0.526. The van der Waals surface area contributed by atoms with Crippen molar-refractivity contribution in [2.24, 2.45) is 4.99 Å². The lowest BCUT2D eigenvalue weighted by Gasteiger charge is -2.34. The molecule has 1 unspecified atom stereocenters. The smallest absolute Gasteiger partial charge is 0.399 e. The SMILES string of the molecule is CN1CCN(c2ccc(N=C(c3ccccc3)C3C(=O)Nc4cc(B5OC(C)(C)C(C)(C)O5)ccc43)cc2)CC1. The number of piperazine rings is 1. The number of fused-ring (bicyclic) bond motifs is 1. The molecule has 1 atom stereocenters. The van der Waals surface area contributed by atoms with Crippen LogP contribution in [0, 0.1) is 0 Å². The zero-order chi connectivity index (χ0) is 28.1. The molecule has 3 aliphatic rings. The topological polar surface area (TPSA) is 66.4 Å². The first-order chi connectivity index (χ1) is 19.1. The van der Waals surface area contributed by atoms with Crippen molar-refractivity contribution in [3.05, 3.63) is 83.9 Å². The van der Waals surface area contributed by atoms with Crippen molar-refractivity contribution in [3.8, 4) is 0 Å². The van der Waals surface area contributed by atoms with E-state index in [9.17, 15) is 4.79 Å². The normalized spacial score (nSPS) is 22.4. The van der Waals surface area contributed by atoms with Crippen LogP contribution in [0.2, 0.25) is 0 Å². The van der Waals surface area contributed by atoms with Crippen molar-refractivity contribution in [1.29, 1.82) is 0 Å². The van der Waals surface area contributed by atoms with Gasteiger partial charge in [0, 0.05) is 37.6 Å². The van der Waals surface area contributed by atoms with Crippen molar-refractivity contribution >= 4 is 41.3 Å². The molecular weight excluding hydrogens is 499 g/mol. The van der Waals surface area contributed by atoms with Crippen LogP contribution < -0.4 is 15.7 Å². The van der Waals surface area contributed by atoms with Gasteiger partial charge in [-0.2, -0.15) is 0 Å². The Balaban J connectivity index is 1.32. The first kappa shape index (κ1) is 26.8. The van der Waals surface area contributed by atoms with E-state index in [0.717, 1.165) is 59.9 Å². The monoisotopic (exact) mass is 536 g/mol. The minimum Gasteiger partial charge on any atom is -0.399 e. The van der Waals surface area contributed by atoms with E-state index in [1.54, 1.807) is 0 Å². The number of likely N-dealkylation sites (N-methyl/N-ethyl adjacent to an activating group) is 1. The summed E-state index contributed by atoms with van der Waals surface area (Å²) < 4.78 is 12.5. The van der Waals surface area contributed by atoms with Crippen molar-refractivity contribution in [2.45, 2.75) is 44.8 Å². The van der Waals surface area contributed by atoms with Gasteiger partial charge in [0.25, 0.3) is 0 Å². The summed E-state index contributed by atoms with van der Waals surface area (Å²) in [5.74, 6) is -0.611. The van der Waals surface area contributed by atoms with E-state index in [4.69, 9.17) is 14.3 Å². The summed E-state index contributed by atoms with van der Waals surface area (Å²) in [6, 6.07) is 24.3. The van der Waals surface area contributed by atoms with E-state index in [2.05, 4.69) is 34.3 Å². The number of carbonyl (C=O) groups is 1. The van der Waals surface area contributed by atoms with Gasteiger partial charge in [-0.05, 0) is 81.7 Å². The van der Waals surface area contributed by atoms with Gasteiger partial charge in [0.15, 0.2) is 0 Å². The average molecular weight is 536 g/mol. The molecule has 0 spiro atoms.